The van der Waals surface area contributed by atoms with Gasteiger partial charge in [0.25, 0.3) is 0 Å². The summed E-state index contributed by atoms with van der Waals surface area (Å²) in [6, 6.07) is 0. The van der Waals surface area contributed by atoms with Crippen molar-refractivity contribution >= 4 is 11.6 Å². The van der Waals surface area contributed by atoms with E-state index in [-0.39, 0.29) is 0 Å². The van der Waals surface area contributed by atoms with E-state index in [1.54, 1.807) is 5.54 Å². The van der Waals surface area contributed by atoms with Crippen LogP contribution in [0.3, 0.4) is 0 Å². The summed E-state index contributed by atoms with van der Waals surface area (Å²) in [7, 11) is 0. The van der Waals surface area contributed by atoms with E-state index in [0.29, 0.717) is 5.92 Å². The van der Waals surface area contributed by atoms with Crippen molar-refractivity contribution in [3.63, 3.8) is 0 Å². The van der Waals surface area contributed by atoms with E-state index in [2.05, 4.69) is 36.1 Å². The van der Waals surface area contributed by atoms with Gasteiger partial charge in [-0.2, -0.15) is 0 Å². The van der Waals surface area contributed by atoms with Gasteiger partial charge < -0.3 is 4.74 Å². The molecule has 0 saturated carbocycles. The molecule has 1 saturated heterocycles. The third-order valence-corrected chi connectivity index (χ3v) is 2.94. The van der Waals surface area contributed by atoms with Gasteiger partial charge in [0.05, 0.1) is 6.61 Å². The summed E-state index contributed by atoms with van der Waals surface area (Å²) in [5, 5.41) is 0. The number of rotatable bonds is 4. The quantitative estimate of drug-likeness (QED) is 0.656. The van der Waals surface area contributed by atoms with Crippen molar-refractivity contribution in [2.24, 2.45) is 5.92 Å². The molecule has 0 N–H and O–H groups in total. The molecule has 1 aliphatic heterocycles. The van der Waals surface area contributed by atoms with E-state index in [9.17, 15) is 0 Å². The lowest BCUT2D eigenvalue weighted by molar-refractivity contribution is 0.143. The van der Waals surface area contributed by atoms with Crippen molar-refractivity contribution in [1.29, 1.82) is 0 Å². The van der Waals surface area contributed by atoms with Crippen LogP contribution < -0.4 is 0 Å². The Kier molecular flexibility index (Phi) is 21.0. The summed E-state index contributed by atoms with van der Waals surface area (Å²) < 4.78 is 5.31. The molecule has 0 bridgehead atoms. The first kappa shape index (κ1) is 22.7. The lowest BCUT2D eigenvalue weighted by atomic mass is 10.1. The van der Waals surface area contributed by atoms with Crippen molar-refractivity contribution in [2.45, 2.75) is 41.0 Å². The highest BCUT2D eigenvalue weighted by Crippen LogP contribution is 1.99. The van der Waals surface area contributed by atoms with Crippen LogP contribution in [0, 0.1) is 5.92 Å². The number of hydrogen-bond donors (Lipinski definition) is 0. The molecule has 21 heavy (non-hydrogen) atoms. The van der Waals surface area contributed by atoms with Crippen LogP contribution in [0.4, 0.5) is 0 Å². The minimum Gasteiger partial charge on any atom is -0.380 e. The summed E-state index contributed by atoms with van der Waals surface area (Å²) in [5.41, 5.74) is 1.58. The Morgan fingerprint density at radius 2 is 1.71 bits per heavy atom. The van der Waals surface area contributed by atoms with Crippen molar-refractivity contribution in [2.75, 3.05) is 32.8 Å². The monoisotopic (exact) mass is 315 g/mol. The highest BCUT2D eigenvalue weighted by Gasteiger charge is 2.05. The first-order valence-electron chi connectivity index (χ1n) is 8.05. The van der Waals surface area contributed by atoms with Gasteiger partial charge in [0, 0.05) is 31.8 Å². The molecule has 1 atom stereocenters. The van der Waals surface area contributed by atoms with Crippen LogP contribution in [-0.2, 0) is 4.74 Å². The second-order valence-electron chi connectivity index (χ2n) is 4.54. The molecular formula is C18H34ClNO. The molecule has 1 unspecified atom stereocenters. The average molecular weight is 316 g/mol. The topological polar surface area (TPSA) is 12.5 Å². The minimum atomic E-state index is 0.602. The molecule has 0 aromatic carbocycles. The van der Waals surface area contributed by atoms with Gasteiger partial charge in [0.15, 0.2) is 0 Å². The molecule has 2 nitrogen and oxygen atoms in total. The maximum Gasteiger partial charge on any atom is 0.0593 e. The van der Waals surface area contributed by atoms with E-state index in [1.165, 1.54) is 0 Å². The first-order chi connectivity index (χ1) is 10.2. The van der Waals surface area contributed by atoms with Gasteiger partial charge >= 0.3 is 0 Å². The Morgan fingerprint density at radius 1 is 1.10 bits per heavy atom. The summed E-state index contributed by atoms with van der Waals surface area (Å²) in [5.74, 6) is 0.602. The standard InChI is InChI=1S/C8H14ClNO.C8H14.C2H6/c9-3-1-4-10-5-2-7-11-8-6-10;1-4-6-8(3)7-5-2;1-2/h1,3H,2,4-8H2;4-8H,1-3H3;1-2H3/b3-1-;6-4-,7-5?;. The second kappa shape index (κ2) is 19.4. The van der Waals surface area contributed by atoms with Gasteiger partial charge in [-0.1, -0.05) is 62.8 Å². The Labute approximate surface area is 137 Å². The highest BCUT2D eigenvalue weighted by molar-refractivity contribution is 6.25. The summed E-state index contributed by atoms with van der Waals surface area (Å²) >= 11 is 5.42. The van der Waals surface area contributed by atoms with E-state index in [1.807, 2.05) is 33.8 Å². The molecule has 0 aliphatic carbocycles. The third kappa shape index (κ3) is 17.4. The third-order valence-electron chi connectivity index (χ3n) is 2.76. The average Bonchev–Trinajstić information content (AvgIpc) is 2.77. The summed E-state index contributed by atoms with van der Waals surface area (Å²) in [6.07, 6.45) is 11.6. The van der Waals surface area contributed by atoms with E-state index >= 15 is 0 Å². The van der Waals surface area contributed by atoms with Gasteiger partial charge in [0.1, 0.15) is 0 Å². The van der Waals surface area contributed by atoms with Crippen LogP contribution in [0.5, 0.6) is 0 Å². The molecule has 0 aromatic rings. The predicted octanol–water partition coefficient (Wildman–Crippen LogP) is 5.26. The zero-order valence-electron chi connectivity index (χ0n) is 14.5. The Bertz CT molecular complexity index is 254. The van der Waals surface area contributed by atoms with Crippen LogP contribution in [0.25, 0.3) is 0 Å². The lowest BCUT2D eigenvalue weighted by Gasteiger charge is -2.15. The molecule has 0 amide bonds. The maximum absolute atomic E-state index is 5.42. The maximum atomic E-state index is 5.42. The molecular weight excluding hydrogens is 282 g/mol. The summed E-state index contributed by atoms with van der Waals surface area (Å²) in [4.78, 5) is 2.34. The summed E-state index contributed by atoms with van der Waals surface area (Å²) in [6.45, 7) is 15.1. The SMILES string of the molecule is CC.CC=CC(C)/C=C\C.Cl/C=C\CN1CCCOCC1. The fourth-order valence-electron chi connectivity index (χ4n) is 1.84. The van der Waals surface area contributed by atoms with E-state index in [0.717, 1.165) is 39.3 Å². The van der Waals surface area contributed by atoms with Crippen LogP contribution in [0.2, 0.25) is 0 Å². The van der Waals surface area contributed by atoms with Crippen LogP contribution in [-0.4, -0.2) is 37.7 Å². The normalized spacial score (nSPS) is 18.0. The zero-order valence-corrected chi connectivity index (χ0v) is 15.3. The molecule has 0 aromatic heterocycles. The number of nitrogens with zero attached hydrogens (tertiary/aromatic N) is 1. The zero-order chi connectivity index (χ0) is 16.3. The molecule has 3 heteroatoms. The smallest absolute Gasteiger partial charge is 0.0593 e. The Morgan fingerprint density at radius 3 is 2.24 bits per heavy atom. The van der Waals surface area contributed by atoms with Gasteiger partial charge in [0.2, 0.25) is 0 Å². The number of halogens is 1. The fourth-order valence-corrected chi connectivity index (χ4v) is 1.92. The van der Waals surface area contributed by atoms with Crippen LogP contribution in [0.15, 0.2) is 35.9 Å². The van der Waals surface area contributed by atoms with Crippen molar-refractivity contribution in [3.8, 4) is 0 Å². The number of hydrogen-bond acceptors (Lipinski definition) is 2. The minimum absolute atomic E-state index is 0.602. The number of allylic oxidation sites excluding steroid dienone is 4. The molecule has 1 rings (SSSR count). The predicted molar refractivity (Wildman–Crippen MR) is 97.0 cm³/mol. The second-order valence-corrected chi connectivity index (χ2v) is 4.79. The van der Waals surface area contributed by atoms with Crippen LogP contribution in [0.1, 0.15) is 41.0 Å². The first-order valence-corrected chi connectivity index (χ1v) is 8.49. The van der Waals surface area contributed by atoms with Gasteiger partial charge in [-0.3, -0.25) is 4.90 Å². The molecule has 1 aliphatic rings. The van der Waals surface area contributed by atoms with Gasteiger partial charge in [-0.15, -0.1) is 0 Å². The highest BCUT2D eigenvalue weighted by atomic mass is 35.5. The van der Waals surface area contributed by atoms with Crippen molar-refractivity contribution < 1.29 is 4.74 Å². The Balaban J connectivity index is 0. The van der Waals surface area contributed by atoms with Crippen LogP contribution >= 0.6 is 11.6 Å². The van der Waals surface area contributed by atoms with Crippen molar-refractivity contribution in [3.05, 3.63) is 35.9 Å². The molecule has 0 radical (unpaired) electrons. The molecule has 0 spiro atoms. The Hall–Kier alpha value is -0.570. The fraction of sp³-hybridized carbons (Fsp3) is 0.667. The van der Waals surface area contributed by atoms with Gasteiger partial charge in [-0.25, -0.2) is 0 Å². The van der Waals surface area contributed by atoms with Crippen molar-refractivity contribution in [1.82, 2.24) is 4.90 Å². The lowest BCUT2D eigenvalue weighted by Crippen LogP contribution is -2.26. The van der Waals surface area contributed by atoms with E-state index < -0.39 is 0 Å². The largest absolute Gasteiger partial charge is 0.380 e. The number of ether oxygens (including phenoxy) is 1. The van der Waals surface area contributed by atoms with Gasteiger partial charge in [-0.05, 0) is 26.2 Å². The molecule has 1 fully saturated rings. The van der Waals surface area contributed by atoms with E-state index in [4.69, 9.17) is 16.3 Å². The molecule has 124 valence electrons. The molecule has 1 heterocycles.